The van der Waals surface area contributed by atoms with Crippen molar-refractivity contribution in [3.63, 3.8) is 0 Å². The van der Waals surface area contributed by atoms with E-state index in [1.165, 1.54) is 24.7 Å². The fraction of sp³-hybridized carbons (Fsp3) is 0.231. The third-order valence-corrected chi connectivity index (χ3v) is 2.58. The van der Waals surface area contributed by atoms with Gasteiger partial charge in [-0.15, -0.1) is 0 Å². The van der Waals surface area contributed by atoms with Crippen LogP contribution in [0.5, 0.6) is 0 Å². The van der Waals surface area contributed by atoms with Crippen molar-refractivity contribution in [1.29, 1.82) is 0 Å². The van der Waals surface area contributed by atoms with Crippen LogP contribution < -0.4 is 5.32 Å². The van der Waals surface area contributed by atoms with E-state index in [4.69, 9.17) is 0 Å². The highest BCUT2D eigenvalue weighted by Gasteiger charge is 2.20. The van der Waals surface area contributed by atoms with Gasteiger partial charge in [-0.2, -0.15) is 0 Å². The first-order valence-corrected chi connectivity index (χ1v) is 5.67. The van der Waals surface area contributed by atoms with Gasteiger partial charge in [0.25, 0.3) is 0 Å². The lowest BCUT2D eigenvalue weighted by molar-refractivity contribution is 0.480. The molecular weight excluding hydrogens is 236 g/mol. The van der Waals surface area contributed by atoms with E-state index in [-0.39, 0.29) is 5.56 Å². The first kappa shape index (κ1) is 12.6. The first-order chi connectivity index (χ1) is 8.74. The van der Waals surface area contributed by atoms with Gasteiger partial charge >= 0.3 is 0 Å². The molecule has 18 heavy (non-hydrogen) atoms. The molecule has 0 aliphatic carbocycles. The zero-order valence-electron chi connectivity index (χ0n) is 9.90. The Morgan fingerprint density at radius 1 is 1.28 bits per heavy atom. The van der Waals surface area contributed by atoms with Crippen molar-refractivity contribution in [2.75, 3.05) is 6.54 Å². The predicted octanol–water partition coefficient (Wildman–Crippen LogP) is 2.45. The molecule has 0 aliphatic heterocycles. The van der Waals surface area contributed by atoms with Gasteiger partial charge in [-0.1, -0.05) is 19.1 Å². The maximum absolute atomic E-state index is 13.8. The molecule has 0 bridgehead atoms. The van der Waals surface area contributed by atoms with Crippen LogP contribution in [-0.4, -0.2) is 16.5 Å². The Morgan fingerprint density at radius 2 is 2.11 bits per heavy atom. The summed E-state index contributed by atoms with van der Waals surface area (Å²) in [5.74, 6) is -1.71. The zero-order chi connectivity index (χ0) is 13.0. The molecular formula is C13H13F2N3. The normalized spacial score (nSPS) is 12.4. The molecule has 0 saturated carbocycles. The summed E-state index contributed by atoms with van der Waals surface area (Å²) >= 11 is 0. The number of aromatic nitrogens is 2. The van der Waals surface area contributed by atoms with Gasteiger partial charge < -0.3 is 5.32 Å². The van der Waals surface area contributed by atoms with E-state index < -0.39 is 17.7 Å². The summed E-state index contributed by atoms with van der Waals surface area (Å²) in [5.41, 5.74) is 0.793. The summed E-state index contributed by atoms with van der Waals surface area (Å²) in [5, 5.41) is 3.07. The van der Waals surface area contributed by atoms with Crippen molar-refractivity contribution in [3.8, 4) is 0 Å². The van der Waals surface area contributed by atoms with Gasteiger partial charge in [0, 0.05) is 18.0 Å². The SMILES string of the molecule is CCNC(c1cnccn1)c1cccc(F)c1F. The maximum atomic E-state index is 13.8. The minimum Gasteiger partial charge on any atom is -0.305 e. The van der Waals surface area contributed by atoms with Crippen molar-refractivity contribution in [3.05, 3.63) is 59.7 Å². The van der Waals surface area contributed by atoms with Crippen LogP contribution in [0.2, 0.25) is 0 Å². The number of rotatable bonds is 4. The van der Waals surface area contributed by atoms with Gasteiger partial charge in [0.1, 0.15) is 0 Å². The Bertz CT molecular complexity index is 517. The molecule has 5 heteroatoms. The van der Waals surface area contributed by atoms with Gasteiger partial charge in [-0.05, 0) is 12.6 Å². The highest BCUT2D eigenvalue weighted by Crippen LogP contribution is 2.23. The number of benzene rings is 1. The fourth-order valence-corrected chi connectivity index (χ4v) is 1.78. The summed E-state index contributed by atoms with van der Waals surface area (Å²) in [4.78, 5) is 8.08. The topological polar surface area (TPSA) is 37.8 Å². The van der Waals surface area contributed by atoms with E-state index in [9.17, 15) is 8.78 Å². The Hall–Kier alpha value is -1.88. The lowest BCUT2D eigenvalue weighted by Crippen LogP contribution is -2.24. The minimum atomic E-state index is -0.862. The maximum Gasteiger partial charge on any atom is 0.163 e. The number of halogens is 2. The largest absolute Gasteiger partial charge is 0.305 e. The zero-order valence-corrected chi connectivity index (χ0v) is 9.90. The van der Waals surface area contributed by atoms with Crippen molar-refractivity contribution >= 4 is 0 Å². The number of nitrogens with zero attached hydrogens (tertiary/aromatic N) is 2. The van der Waals surface area contributed by atoms with Crippen LogP contribution in [0.3, 0.4) is 0 Å². The van der Waals surface area contributed by atoms with Crippen LogP contribution in [0.1, 0.15) is 24.2 Å². The molecule has 2 aromatic rings. The second kappa shape index (κ2) is 5.64. The van der Waals surface area contributed by atoms with Gasteiger partial charge in [0.2, 0.25) is 0 Å². The summed E-state index contributed by atoms with van der Waals surface area (Å²) < 4.78 is 27.1. The third-order valence-electron chi connectivity index (χ3n) is 2.58. The summed E-state index contributed by atoms with van der Waals surface area (Å²) in [6.45, 7) is 2.50. The molecule has 1 atom stereocenters. The lowest BCUT2D eigenvalue weighted by Gasteiger charge is -2.18. The molecule has 0 fully saturated rings. The Morgan fingerprint density at radius 3 is 2.78 bits per heavy atom. The molecule has 1 aromatic heterocycles. The average Bonchev–Trinajstić information content (AvgIpc) is 2.41. The van der Waals surface area contributed by atoms with Crippen LogP contribution in [0, 0.1) is 11.6 Å². The van der Waals surface area contributed by atoms with Crippen LogP contribution >= 0.6 is 0 Å². The monoisotopic (exact) mass is 249 g/mol. The van der Waals surface area contributed by atoms with E-state index in [1.54, 1.807) is 6.07 Å². The molecule has 0 aliphatic rings. The van der Waals surface area contributed by atoms with Gasteiger partial charge in [-0.25, -0.2) is 8.78 Å². The number of hydrogen-bond donors (Lipinski definition) is 1. The van der Waals surface area contributed by atoms with E-state index in [1.807, 2.05) is 6.92 Å². The summed E-state index contributed by atoms with van der Waals surface area (Å²) in [7, 11) is 0. The Balaban J connectivity index is 2.45. The molecule has 0 amide bonds. The smallest absolute Gasteiger partial charge is 0.163 e. The van der Waals surface area contributed by atoms with E-state index in [0.29, 0.717) is 12.2 Å². The quantitative estimate of drug-likeness (QED) is 0.904. The van der Waals surface area contributed by atoms with E-state index in [0.717, 1.165) is 6.07 Å². The van der Waals surface area contributed by atoms with E-state index >= 15 is 0 Å². The molecule has 1 unspecified atom stereocenters. The highest BCUT2D eigenvalue weighted by molar-refractivity contribution is 5.28. The summed E-state index contributed by atoms with van der Waals surface area (Å²) in [6.07, 6.45) is 4.60. The van der Waals surface area contributed by atoms with Crippen molar-refractivity contribution in [1.82, 2.24) is 15.3 Å². The minimum absolute atomic E-state index is 0.234. The fourth-order valence-electron chi connectivity index (χ4n) is 1.78. The standard InChI is InChI=1S/C13H13F2N3/c1-2-17-13(11-8-16-6-7-18-11)9-4-3-5-10(14)12(9)15/h3-8,13,17H,2H2,1H3. The Labute approximate surface area is 104 Å². The van der Waals surface area contributed by atoms with Crippen LogP contribution in [0.25, 0.3) is 0 Å². The van der Waals surface area contributed by atoms with Crippen molar-refractivity contribution in [2.24, 2.45) is 0 Å². The first-order valence-electron chi connectivity index (χ1n) is 5.67. The van der Waals surface area contributed by atoms with Gasteiger partial charge in [-0.3, -0.25) is 9.97 Å². The lowest BCUT2D eigenvalue weighted by atomic mass is 10.0. The summed E-state index contributed by atoms with van der Waals surface area (Å²) in [6, 6.07) is 3.62. The molecule has 0 spiro atoms. The van der Waals surface area contributed by atoms with Crippen LogP contribution in [0.15, 0.2) is 36.8 Å². The third kappa shape index (κ3) is 2.51. The molecule has 2 rings (SSSR count). The molecule has 1 aromatic carbocycles. The molecule has 94 valence electrons. The molecule has 1 N–H and O–H groups in total. The second-order valence-corrected chi connectivity index (χ2v) is 3.76. The highest BCUT2D eigenvalue weighted by atomic mass is 19.2. The van der Waals surface area contributed by atoms with Gasteiger partial charge in [0.15, 0.2) is 11.6 Å². The molecule has 3 nitrogen and oxygen atoms in total. The second-order valence-electron chi connectivity index (χ2n) is 3.76. The molecule has 0 radical (unpaired) electrons. The predicted molar refractivity (Wildman–Crippen MR) is 63.9 cm³/mol. The van der Waals surface area contributed by atoms with Crippen LogP contribution in [-0.2, 0) is 0 Å². The van der Waals surface area contributed by atoms with Crippen molar-refractivity contribution < 1.29 is 8.78 Å². The number of nitrogens with one attached hydrogen (secondary N) is 1. The van der Waals surface area contributed by atoms with E-state index in [2.05, 4.69) is 15.3 Å². The average molecular weight is 249 g/mol. The molecule has 1 heterocycles. The number of hydrogen-bond acceptors (Lipinski definition) is 3. The Kier molecular flexibility index (Phi) is 3.94. The molecule has 0 saturated heterocycles. The van der Waals surface area contributed by atoms with Crippen LogP contribution in [0.4, 0.5) is 8.78 Å². The van der Waals surface area contributed by atoms with Crippen molar-refractivity contribution in [2.45, 2.75) is 13.0 Å². The van der Waals surface area contributed by atoms with Gasteiger partial charge in [0.05, 0.1) is 17.9 Å².